The first-order valence-electron chi connectivity index (χ1n) is 7.80. The van der Waals surface area contributed by atoms with Gasteiger partial charge in [-0.15, -0.1) is 0 Å². The quantitative estimate of drug-likeness (QED) is 0.660. The fourth-order valence-corrected chi connectivity index (χ4v) is 2.93. The summed E-state index contributed by atoms with van der Waals surface area (Å²) in [6.45, 7) is 5.55. The van der Waals surface area contributed by atoms with E-state index in [1.165, 1.54) is 0 Å². The molecule has 1 unspecified atom stereocenters. The molecule has 1 amide bonds. The van der Waals surface area contributed by atoms with E-state index in [-0.39, 0.29) is 18.2 Å². The van der Waals surface area contributed by atoms with E-state index in [2.05, 4.69) is 26.2 Å². The molecule has 0 bridgehead atoms. The number of ketones is 1. The number of carbonyl (C=O) groups excluding carboxylic acids is 2. The number of aromatic amines is 1. The topological polar surface area (TPSA) is 82.2 Å². The van der Waals surface area contributed by atoms with Gasteiger partial charge in [0.1, 0.15) is 5.69 Å². The molecule has 0 aliphatic rings. The summed E-state index contributed by atoms with van der Waals surface area (Å²) in [6.07, 6.45) is -0.0107. The summed E-state index contributed by atoms with van der Waals surface area (Å²) in [4.78, 5) is 28.1. The molecule has 3 N–H and O–H groups in total. The van der Waals surface area contributed by atoms with Gasteiger partial charge in [-0.2, -0.15) is 0 Å². The van der Waals surface area contributed by atoms with E-state index < -0.39 is 6.10 Å². The number of hydrogen-bond donors (Lipinski definition) is 3. The summed E-state index contributed by atoms with van der Waals surface area (Å²) in [5, 5.41) is 12.2. The van der Waals surface area contributed by atoms with Crippen molar-refractivity contribution in [3.8, 4) is 0 Å². The number of hydrogen-bond acceptors (Lipinski definition) is 3. The smallest absolute Gasteiger partial charge is 0.268 e. The van der Waals surface area contributed by atoms with Crippen LogP contribution in [0.15, 0.2) is 28.7 Å². The Morgan fingerprint density at radius 2 is 2.04 bits per heavy atom. The van der Waals surface area contributed by atoms with Crippen LogP contribution in [0.5, 0.6) is 0 Å². The van der Waals surface area contributed by atoms with Crippen LogP contribution in [0.2, 0.25) is 0 Å². The number of H-pyrrole nitrogens is 1. The minimum absolute atomic E-state index is 0.129. The number of benzene rings is 1. The van der Waals surface area contributed by atoms with Crippen molar-refractivity contribution in [1.82, 2.24) is 10.3 Å². The Kier molecular flexibility index (Phi) is 5.96. The molecule has 2 rings (SSSR count). The standard InChI is InChI=1S/C18H21BrN2O3/c1-4-14(22)9-20-18(24)16-10(2)15(11(3)21-16)17(23)12-6-5-7-13(19)8-12/h5-8,14,21-22H,4,9H2,1-3H3,(H,20,24). The lowest BCUT2D eigenvalue weighted by Gasteiger charge is -2.09. The van der Waals surface area contributed by atoms with E-state index in [1.807, 2.05) is 13.0 Å². The Balaban J connectivity index is 2.29. The van der Waals surface area contributed by atoms with Gasteiger partial charge < -0.3 is 15.4 Å². The van der Waals surface area contributed by atoms with Crippen molar-refractivity contribution in [2.75, 3.05) is 6.54 Å². The summed E-state index contributed by atoms with van der Waals surface area (Å²) in [5.41, 5.74) is 2.69. The van der Waals surface area contributed by atoms with Crippen molar-refractivity contribution in [3.63, 3.8) is 0 Å². The fourth-order valence-electron chi connectivity index (χ4n) is 2.53. The first-order valence-corrected chi connectivity index (χ1v) is 8.60. The van der Waals surface area contributed by atoms with Crippen molar-refractivity contribution < 1.29 is 14.7 Å². The molecule has 0 radical (unpaired) electrons. The summed E-state index contributed by atoms with van der Waals surface area (Å²) in [6, 6.07) is 7.15. The van der Waals surface area contributed by atoms with Gasteiger partial charge in [0.15, 0.2) is 5.78 Å². The lowest BCUT2D eigenvalue weighted by molar-refractivity contribution is 0.0909. The molecular formula is C18H21BrN2O3. The monoisotopic (exact) mass is 392 g/mol. The Hall–Kier alpha value is -1.92. The normalized spacial score (nSPS) is 12.0. The molecule has 2 aromatic rings. The first-order chi connectivity index (χ1) is 11.3. The molecule has 1 heterocycles. The minimum atomic E-state index is -0.576. The first kappa shape index (κ1) is 18.4. The van der Waals surface area contributed by atoms with E-state index in [0.29, 0.717) is 34.5 Å². The zero-order chi connectivity index (χ0) is 17.9. The summed E-state index contributed by atoms with van der Waals surface area (Å²) in [5.74, 6) is -0.452. The molecule has 0 saturated carbocycles. The average Bonchev–Trinajstić information content (AvgIpc) is 2.86. The van der Waals surface area contributed by atoms with Crippen LogP contribution in [0.3, 0.4) is 0 Å². The number of nitrogens with one attached hydrogen (secondary N) is 2. The van der Waals surface area contributed by atoms with Crippen LogP contribution < -0.4 is 5.32 Å². The number of aliphatic hydroxyl groups is 1. The highest BCUT2D eigenvalue weighted by Gasteiger charge is 2.23. The van der Waals surface area contributed by atoms with E-state index >= 15 is 0 Å². The third-order valence-electron chi connectivity index (χ3n) is 3.95. The molecule has 1 atom stereocenters. The number of halogens is 1. The lowest BCUT2D eigenvalue weighted by atomic mass is 9.99. The second-order valence-corrected chi connectivity index (χ2v) is 6.65. The van der Waals surface area contributed by atoms with E-state index in [4.69, 9.17) is 0 Å². The third kappa shape index (κ3) is 3.94. The number of carbonyl (C=O) groups is 2. The van der Waals surface area contributed by atoms with Crippen molar-refractivity contribution in [1.29, 1.82) is 0 Å². The minimum Gasteiger partial charge on any atom is -0.391 e. The molecule has 128 valence electrons. The van der Waals surface area contributed by atoms with Crippen LogP contribution in [0.1, 0.15) is 51.0 Å². The van der Waals surface area contributed by atoms with Gasteiger partial charge in [-0.05, 0) is 38.0 Å². The second-order valence-electron chi connectivity index (χ2n) is 5.74. The van der Waals surface area contributed by atoms with E-state index in [1.54, 1.807) is 32.0 Å². The maximum absolute atomic E-state index is 12.8. The number of aryl methyl sites for hydroxylation is 1. The van der Waals surface area contributed by atoms with Crippen molar-refractivity contribution >= 4 is 27.6 Å². The Morgan fingerprint density at radius 3 is 2.67 bits per heavy atom. The zero-order valence-corrected chi connectivity index (χ0v) is 15.5. The Bertz CT molecular complexity index is 768. The molecule has 1 aromatic heterocycles. The number of amides is 1. The second kappa shape index (κ2) is 7.77. The summed E-state index contributed by atoms with van der Waals surface area (Å²) in [7, 11) is 0. The molecule has 0 aliphatic carbocycles. The van der Waals surface area contributed by atoms with Crippen molar-refractivity contribution in [2.24, 2.45) is 0 Å². The zero-order valence-electron chi connectivity index (χ0n) is 13.9. The fraction of sp³-hybridized carbons (Fsp3) is 0.333. The van der Waals surface area contributed by atoms with Crippen LogP contribution >= 0.6 is 15.9 Å². The molecule has 0 aliphatic heterocycles. The summed E-state index contributed by atoms with van der Waals surface area (Å²) < 4.78 is 0.825. The van der Waals surface area contributed by atoms with Gasteiger partial charge in [0, 0.05) is 27.8 Å². The van der Waals surface area contributed by atoms with Crippen LogP contribution in [-0.2, 0) is 0 Å². The van der Waals surface area contributed by atoms with Gasteiger partial charge in [-0.1, -0.05) is 35.0 Å². The van der Waals surface area contributed by atoms with Gasteiger partial charge in [-0.3, -0.25) is 9.59 Å². The molecule has 24 heavy (non-hydrogen) atoms. The Labute approximate surface area is 149 Å². The molecule has 5 nitrogen and oxygen atoms in total. The highest BCUT2D eigenvalue weighted by molar-refractivity contribution is 9.10. The van der Waals surface area contributed by atoms with Gasteiger partial charge in [-0.25, -0.2) is 0 Å². The van der Waals surface area contributed by atoms with Crippen LogP contribution in [0.4, 0.5) is 0 Å². The van der Waals surface area contributed by atoms with Gasteiger partial charge in [0.2, 0.25) is 0 Å². The highest BCUT2D eigenvalue weighted by atomic mass is 79.9. The average molecular weight is 393 g/mol. The van der Waals surface area contributed by atoms with Crippen molar-refractivity contribution in [2.45, 2.75) is 33.3 Å². The molecular weight excluding hydrogens is 372 g/mol. The molecule has 0 fully saturated rings. The van der Waals surface area contributed by atoms with Gasteiger partial charge in [0.05, 0.1) is 6.10 Å². The summed E-state index contributed by atoms with van der Waals surface area (Å²) >= 11 is 3.36. The number of aliphatic hydroxyl groups excluding tert-OH is 1. The maximum Gasteiger partial charge on any atom is 0.268 e. The van der Waals surface area contributed by atoms with Crippen molar-refractivity contribution in [3.05, 3.63) is 56.8 Å². The molecule has 0 spiro atoms. The maximum atomic E-state index is 12.8. The number of aromatic nitrogens is 1. The highest BCUT2D eigenvalue weighted by Crippen LogP contribution is 2.23. The SMILES string of the molecule is CCC(O)CNC(=O)c1[nH]c(C)c(C(=O)c2cccc(Br)c2)c1C. The van der Waals surface area contributed by atoms with Crippen LogP contribution in [0, 0.1) is 13.8 Å². The Morgan fingerprint density at radius 1 is 1.33 bits per heavy atom. The van der Waals surface area contributed by atoms with Crippen LogP contribution in [0.25, 0.3) is 0 Å². The van der Waals surface area contributed by atoms with Gasteiger partial charge in [0.25, 0.3) is 5.91 Å². The largest absolute Gasteiger partial charge is 0.391 e. The molecule has 1 aromatic carbocycles. The van der Waals surface area contributed by atoms with E-state index in [9.17, 15) is 14.7 Å². The predicted molar refractivity (Wildman–Crippen MR) is 96.5 cm³/mol. The van der Waals surface area contributed by atoms with Gasteiger partial charge >= 0.3 is 0 Å². The third-order valence-corrected chi connectivity index (χ3v) is 4.44. The molecule has 0 saturated heterocycles. The van der Waals surface area contributed by atoms with E-state index in [0.717, 1.165) is 4.47 Å². The predicted octanol–water partition coefficient (Wildman–Crippen LogP) is 3.13. The van der Waals surface area contributed by atoms with Crippen LogP contribution in [-0.4, -0.2) is 34.4 Å². The number of rotatable bonds is 6. The lowest BCUT2D eigenvalue weighted by Crippen LogP contribution is -2.32. The molecule has 6 heteroatoms.